The molecule has 1 N–H and O–H groups in total. The molecule has 0 saturated heterocycles. The number of hydrogen-bond donors (Lipinski definition) is 1. The predicted molar refractivity (Wildman–Crippen MR) is 89.0 cm³/mol. The minimum atomic E-state index is -1.32. The Labute approximate surface area is 153 Å². The Kier molecular flexibility index (Phi) is 4.49. The lowest BCUT2D eigenvalue weighted by Gasteiger charge is -2.32. The number of Topliss-reactive ketones (excluding diaryl/α,β-unsaturated/α-hetero) is 2. The number of hydrogen-bond acceptors (Lipinski definition) is 7. The molecule has 0 unspecified atom stereocenters. The number of ether oxygens (including phenoxy) is 2. The van der Waals surface area contributed by atoms with E-state index in [1.807, 2.05) is 0 Å². The van der Waals surface area contributed by atoms with Crippen molar-refractivity contribution in [1.29, 1.82) is 0 Å². The van der Waals surface area contributed by atoms with Crippen LogP contribution in [0.25, 0.3) is 0 Å². The van der Waals surface area contributed by atoms with Crippen molar-refractivity contribution < 1.29 is 38.6 Å². The molecule has 2 aliphatic rings. The fourth-order valence-corrected chi connectivity index (χ4v) is 3.23. The number of carbonyl (C=O) groups excluding carboxylic acids is 4. The Morgan fingerprint density at radius 3 is 2.26 bits per heavy atom. The number of benzene rings is 1. The van der Waals surface area contributed by atoms with Gasteiger partial charge >= 0.3 is 17.9 Å². The second kappa shape index (κ2) is 6.64. The molecule has 0 spiro atoms. The molecule has 2 atom stereocenters. The number of esters is 2. The average Bonchev–Trinajstić information content (AvgIpc) is 2.57. The zero-order valence-electron chi connectivity index (χ0n) is 14.3. The molecule has 0 fully saturated rings. The first kappa shape index (κ1) is 18.2. The van der Waals surface area contributed by atoms with Crippen LogP contribution in [0.3, 0.4) is 0 Å². The maximum absolute atomic E-state index is 13.1. The second-order valence-electron chi connectivity index (χ2n) is 6.07. The van der Waals surface area contributed by atoms with Crippen LogP contribution in [-0.4, -0.2) is 34.6 Å². The van der Waals surface area contributed by atoms with Crippen molar-refractivity contribution in [2.24, 2.45) is 11.8 Å². The standard InChI is InChI=1S/C19H14O8/c1-8(20)26-13-5-3-4-11-15(13)18(23)16-12(17(11)22)6-10(19(24)25)7-14(16)27-9(2)21/h3-7,12,16H,1-2H3,(H,24,25)/t12-,16+/m0/s1. The molecule has 0 amide bonds. The number of carboxylic acid groups (broad SMARTS) is 1. The summed E-state index contributed by atoms with van der Waals surface area (Å²) in [6.07, 6.45) is 2.22. The fraction of sp³-hybridized carbons (Fsp3) is 0.211. The van der Waals surface area contributed by atoms with Gasteiger partial charge in [-0.15, -0.1) is 0 Å². The number of aliphatic carboxylic acids is 1. The summed E-state index contributed by atoms with van der Waals surface area (Å²) in [5, 5.41) is 9.26. The topological polar surface area (TPSA) is 124 Å². The quantitative estimate of drug-likeness (QED) is 0.630. The SMILES string of the molecule is CC(=O)OC1=CC(C(=O)O)=C[C@@H]2C(=O)c3cccc(OC(C)=O)c3C(=O)[C@@H]12. The van der Waals surface area contributed by atoms with E-state index in [0.29, 0.717) is 0 Å². The van der Waals surface area contributed by atoms with E-state index in [1.54, 1.807) is 0 Å². The van der Waals surface area contributed by atoms with Gasteiger partial charge in [0.2, 0.25) is 0 Å². The van der Waals surface area contributed by atoms with Crippen LogP contribution in [0.2, 0.25) is 0 Å². The number of ketones is 2. The molecule has 0 heterocycles. The Balaban J connectivity index is 2.19. The molecule has 0 radical (unpaired) electrons. The highest BCUT2D eigenvalue weighted by molar-refractivity contribution is 6.19. The highest BCUT2D eigenvalue weighted by Gasteiger charge is 2.47. The maximum Gasteiger partial charge on any atom is 0.335 e. The van der Waals surface area contributed by atoms with E-state index in [0.717, 1.165) is 19.9 Å². The molecular formula is C19H14O8. The summed E-state index contributed by atoms with van der Waals surface area (Å²) in [4.78, 5) is 60.2. The van der Waals surface area contributed by atoms with Gasteiger partial charge < -0.3 is 14.6 Å². The van der Waals surface area contributed by atoms with Crippen LogP contribution in [0.1, 0.15) is 34.6 Å². The number of rotatable bonds is 3. The van der Waals surface area contributed by atoms with Crippen molar-refractivity contribution in [3.05, 3.63) is 52.8 Å². The predicted octanol–water partition coefficient (Wildman–Crippen LogP) is 1.69. The molecule has 0 bridgehead atoms. The first-order valence-corrected chi connectivity index (χ1v) is 7.95. The molecule has 8 nitrogen and oxygen atoms in total. The van der Waals surface area contributed by atoms with E-state index in [9.17, 15) is 29.1 Å². The van der Waals surface area contributed by atoms with Crippen LogP contribution >= 0.6 is 0 Å². The lowest BCUT2D eigenvalue weighted by molar-refractivity contribution is -0.138. The summed E-state index contributed by atoms with van der Waals surface area (Å²) in [5.41, 5.74) is -0.331. The van der Waals surface area contributed by atoms with Crippen LogP contribution in [0, 0.1) is 11.8 Å². The third-order valence-electron chi connectivity index (χ3n) is 4.21. The van der Waals surface area contributed by atoms with Crippen LogP contribution in [-0.2, 0) is 19.1 Å². The van der Waals surface area contributed by atoms with Gasteiger partial charge in [0.05, 0.1) is 23.0 Å². The van der Waals surface area contributed by atoms with Crippen molar-refractivity contribution in [2.75, 3.05) is 0 Å². The van der Waals surface area contributed by atoms with E-state index in [2.05, 4.69) is 0 Å². The molecule has 1 aromatic rings. The summed E-state index contributed by atoms with van der Waals surface area (Å²) < 4.78 is 10.1. The third kappa shape index (κ3) is 3.17. The van der Waals surface area contributed by atoms with Gasteiger partial charge in [0.25, 0.3) is 0 Å². The van der Waals surface area contributed by atoms with Crippen molar-refractivity contribution in [2.45, 2.75) is 13.8 Å². The van der Waals surface area contributed by atoms with Crippen LogP contribution < -0.4 is 4.74 Å². The van der Waals surface area contributed by atoms with E-state index < -0.39 is 41.3 Å². The molecule has 2 aliphatic carbocycles. The first-order valence-electron chi connectivity index (χ1n) is 7.95. The Bertz CT molecular complexity index is 966. The van der Waals surface area contributed by atoms with Gasteiger partial charge in [-0.2, -0.15) is 0 Å². The monoisotopic (exact) mass is 370 g/mol. The van der Waals surface area contributed by atoms with Crippen molar-refractivity contribution >= 4 is 29.5 Å². The molecule has 1 aromatic carbocycles. The number of carboxylic acids is 1. The van der Waals surface area contributed by atoms with Crippen LogP contribution in [0.4, 0.5) is 0 Å². The fourth-order valence-electron chi connectivity index (χ4n) is 3.23. The van der Waals surface area contributed by atoms with Gasteiger partial charge in [-0.25, -0.2) is 4.79 Å². The molecule has 27 heavy (non-hydrogen) atoms. The van der Waals surface area contributed by atoms with Gasteiger partial charge in [-0.1, -0.05) is 18.2 Å². The lowest BCUT2D eigenvalue weighted by atomic mass is 9.70. The molecular weight excluding hydrogens is 356 g/mol. The minimum absolute atomic E-state index is 0.0186. The van der Waals surface area contributed by atoms with Gasteiger partial charge in [0.15, 0.2) is 11.6 Å². The molecule has 0 aliphatic heterocycles. The summed E-state index contributed by atoms with van der Waals surface area (Å²) in [6, 6.07) is 4.23. The average molecular weight is 370 g/mol. The molecule has 138 valence electrons. The van der Waals surface area contributed by atoms with E-state index in [-0.39, 0.29) is 28.2 Å². The zero-order valence-corrected chi connectivity index (χ0v) is 14.3. The Morgan fingerprint density at radius 2 is 1.67 bits per heavy atom. The minimum Gasteiger partial charge on any atom is -0.478 e. The van der Waals surface area contributed by atoms with Gasteiger partial charge in [0, 0.05) is 19.4 Å². The van der Waals surface area contributed by atoms with Crippen molar-refractivity contribution in [3.63, 3.8) is 0 Å². The molecule has 0 aromatic heterocycles. The maximum atomic E-state index is 13.1. The number of fused-ring (bicyclic) bond motifs is 2. The molecule has 3 rings (SSSR count). The highest BCUT2D eigenvalue weighted by atomic mass is 16.5. The smallest absolute Gasteiger partial charge is 0.335 e. The van der Waals surface area contributed by atoms with Crippen LogP contribution in [0.5, 0.6) is 5.75 Å². The Hall–Kier alpha value is -3.55. The van der Waals surface area contributed by atoms with E-state index in [1.165, 1.54) is 24.3 Å². The molecule has 0 saturated carbocycles. The van der Waals surface area contributed by atoms with Gasteiger partial charge in [0.1, 0.15) is 11.5 Å². The van der Waals surface area contributed by atoms with Crippen molar-refractivity contribution in [1.82, 2.24) is 0 Å². The summed E-state index contributed by atoms with van der Waals surface area (Å²) in [5.74, 6) is -6.53. The van der Waals surface area contributed by atoms with Gasteiger partial charge in [-0.05, 0) is 12.1 Å². The zero-order chi connectivity index (χ0) is 19.9. The largest absolute Gasteiger partial charge is 0.478 e. The normalized spacial score (nSPS) is 20.7. The Morgan fingerprint density at radius 1 is 1.00 bits per heavy atom. The first-order chi connectivity index (χ1) is 12.7. The third-order valence-corrected chi connectivity index (χ3v) is 4.21. The van der Waals surface area contributed by atoms with Crippen LogP contribution in [0.15, 0.2) is 41.7 Å². The lowest BCUT2D eigenvalue weighted by Crippen LogP contribution is -2.40. The summed E-state index contributed by atoms with van der Waals surface area (Å²) in [7, 11) is 0. The molecule has 8 heteroatoms. The van der Waals surface area contributed by atoms with E-state index in [4.69, 9.17) is 9.47 Å². The van der Waals surface area contributed by atoms with Gasteiger partial charge in [-0.3, -0.25) is 19.2 Å². The number of carbonyl (C=O) groups is 5. The highest BCUT2D eigenvalue weighted by Crippen LogP contribution is 2.42. The number of allylic oxidation sites excluding steroid dienone is 2. The summed E-state index contributed by atoms with van der Waals surface area (Å²) >= 11 is 0. The summed E-state index contributed by atoms with van der Waals surface area (Å²) in [6.45, 7) is 2.26. The second-order valence-corrected chi connectivity index (χ2v) is 6.07. The van der Waals surface area contributed by atoms with Crippen molar-refractivity contribution in [3.8, 4) is 5.75 Å². The van der Waals surface area contributed by atoms with E-state index >= 15 is 0 Å².